The van der Waals surface area contributed by atoms with E-state index in [1.165, 1.54) is 0 Å². The van der Waals surface area contributed by atoms with Gasteiger partial charge in [-0.2, -0.15) is 0 Å². The molecule has 16 heavy (non-hydrogen) atoms. The first kappa shape index (κ1) is 11.0. The molecule has 1 saturated heterocycles. The van der Waals surface area contributed by atoms with Gasteiger partial charge in [-0.25, -0.2) is 4.79 Å². The molecule has 1 aliphatic heterocycles. The number of aromatic carboxylic acids is 1. The fourth-order valence-corrected chi connectivity index (χ4v) is 2.09. The van der Waals surface area contributed by atoms with Crippen molar-refractivity contribution in [3.05, 3.63) is 29.3 Å². The van der Waals surface area contributed by atoms with Gasteiger partial charge < -0.3 is 15.7 Å². The van der Waals surface area contributed by atoms with Crippen LogP contribution in [0.1, 0.15) is 22.3 Å². The minimum absolute atomic E-state index is 0.155. The van der Waals surface area contributed by atoms with Gasteiger partial charge in [-0.1, -0.05) is 6.07 Å². The Hall–Kier alpha value is -1.55. The topological polar surface area (TPSA) is 66.6 Å². The number of carboxylic acid groups (broad SMARTS) is 1. The normalized spacial score (nSPS) is 20.1. The van der Waals surface area contributed by atoms with E-state index in [0.29, 0.717) is 5.56 Å². The van der Waals surface area contributed by atoms with Gasteiger partial charge in [-0.15, -0.1) is 0 Å². The summed E-state index contributed by atoms with van der Waals surface area (Å²) >= 11 is 0. The van der Waals surface area contributed by atoms with Gasteiger partial charge in [0.15, 0.2) is 0 Å². The van der Waals surface area contributed by atoms with Crippen molar-refractivity contribution in [1.82, 2.24) is 0 Å². The Labute approximate surface area is 94.7 Å². The Bertz CT molecular complexity index is 417. The van der Waals surface area contributed by atoms with E-state index in [9.17, 15) is 4.79 Å². The zero-order valence-electron chi connectivity index (χ0n) is 9.31. The number of nitrogens with two attached hydrogens (primary N) is 1. The number of benzene rings is 1. The number of carboxylic acids is 1. The molecule has 0 spiro atoms. The van der Waals surface area contributed by atoms with E-state index in [4.69, 9.17) is 10.8 Å². The molecular formula is C12H16N2O2. The predicted molar refractivity (Wildman–Crippen MR) is 62.9 cm³/mol. The Morgan fingerprint density at radius 3 is 2.88 bits per heavy atom. The molecule has 2 rings (SSSR count). The monoisotopic (exact) mass is 220 g/mol. The molecule has 0 amide bonds. The summed E-state index contributed by atoms with van der Waals surface area (Å²) in [7, 11) is 0. The molecule has 1 unspecified atom stereocenters. The lowest BCUT2D eigenvalue weighted by Gasteiger charge is -2.20. The minimum Gasteiger partial charge on any atom is -0.478 e. The van der Waals surface area contributed by atoms with E-state index in [2.05, 4.69) is 4.90 Å². The van der Waals surface area contributed by atoms with Gasteiger partial charge >= 0.3 is 5.97 Å². The van der Waals surface area contributed by atoms with Crippen molar-refractivity contribution in [3.8, 4) is 0 Å². The lowest BCUT2D eigenvalue weighted by Crippen LogP contribution is -2.27. The molecule has 0 aliphatic carbocycles. The molecular weight excluding hydrogens is 204 g/mol. The molecule has 1 atom stereocenters. The molecule has 0 aromatic heterocycles. The highest BCUT2D eigenvalue weighted by atomic mass is 16.4. The molecule has 1 aromatic rings. The van der Waals surface area contributed by atoms with Gasteiger partial charge in [0, 0.05) is 19.1 Å². The van der Waals surface area contributed by atoms with Crippen LogP contribution in [0.15, 0.2) is 18.2 Å². The predicted octanol–water partition coefficient (Wildman–Crippen LogP) is 1.23. The zero-order chi connectivity index (χ0) is 11.7. The van der Waals surface area contributed by atoms with E-state index in [1.54, 1.807) is 6.07 Å². The van der Waals surface area contributed by atoms with Crippen molar-refractivity contribution < 1.29 is 9.90 Å². The number of rotatable bonds is 2. The summed E-state index contributed by atoms with van der Waals surface area (Å²) in [4.78, 5) is 13.2. The molecule has 0 bridgehead atoms. The quantitative estimate of drug-likeness (QED) is 0.786. The van der Waals surface area contributed by atoms with Crippen LogP contribution >= 0.6 is 0 Å². The summed E-state index contributed by atoms with van der Waals surface area (Å²) < 4.78 is 0. The highest BCUT2D eigenvalue weighted by Gasteiger charge is 2.23. The first-order valence-electron chi connectivity index (χ1n) is 5.42. The molecule has 4 heteroatoms. The fourth-order valence-electron chi connectivity index (χ4n) is 2.09. The molecule has 86 valence electrons. The SMILES string of the molecule is Cc1ccc(C(=O)O)c(N2CCC(N)C2)c1. The first-order chi connectivity index (χ1) is 7.58. The maximum atomic E-state index is 11.1. The highest BCUT2D eigenvalue weighted by Crippen LogP contribution is 2.25. The lowest BCUT2D eigenvalue weighted by atomic mass is 10.1. The summed E-state index contributed by atoms with van der Waals surface area (Å²) in [6, 6.07) is 5.56. The molecule has 1 fully saturated rings. The molecule has 1 heterocycles. The summed E-state index contributed by atoms with van der Waals surface area (Å²) in [5, 5.41) is 9.12. The van der Waals surface area contributed by atoms with Crippen LogP contribution in [0.4, 0.5) is 5.69 Å². The molecule has 0 radical (unpaired) electrons. The number of carbonyl (C=O) groups is 1. The highest BCUT2D eigenvalue weighted by molar-refractivity contribution is 5.94. The molecule has 4 nitrogen and oxygen atoms in total. The van der Waals surface area contributed by atoms with Crippen molar-refractivity contribution in [2.75, 3.05) is 18.0 Å². The van der Waals surface area contributed by atoms with E-state index in [-0.39, 0.29) is 6.04 Å². The Morgan fingerprint density at radius 1 is 1.56 bits per heavy atom. The molecule has 0 saturated carbocycles. The van der Waals surface area contributed by atoms with Crippen LogP contribution in [0.3, 0.4) is 0 Å². The third-order valence-electron chi connectivity index (χ3n) is 2.95. The van der Waals surface area contributed by atoms with Crippen molar-refractivity contribution in [2.45, 2.75) is 19.4 Å². The maximum absolute atomic E-state index is 11.1. The van der Waals surface area contributed by atoms with E-state index in [1.807, 2.05) is 19.1 Å². The van der Waals surface area contributed by atoms with Gasteiger partial charge in [0.1, 0.15) is 0 Å². The van der Waals surface area contributed by atoms with Gasteiger partial charge in [-0.05, 0) is 31.0 Å². The number of hydrogen-bond donors (Lipinski definition) is 2. The number of hydrogen-bond acceptors (Lipinski definition) is 3. The lowest BCUT2D eigenvalue weighted by molar-refractivity contribution is 0.0697. The summed E-state index contributed by atoms with van der Waals surface area (Å²) in [5.74, 6) is -0.879. The van der Waals surface area contributed by atoms with Crippen LogP contribution in [0.25, 0.3) is 0 Å². The second-order valence-corrected chi connectivity index (χ2v) is 4.32. The average molecular weight is 220 g/mol. The Balaban J connectivity index is 2.37. The van der Waals surface area contributed by atoms with Crippen LogP contribution in [-0.4, -0.2) is 30.2 Å². The minimum atomic E-state index is -0.879. The van der Waals surface area contributed by atoms with Gasteiger partial charge in [0.25, 0.3) is 0 Å². The van der Waals surface area contributed by atoms with E-state index >= 15 is 0 Å². The maximum Gasteiger partial charge on any atom is 0.337 e. The van der Waals surface area contributed by atoms with Crippen LogP contribution in [0, 0.1) is 6.92 Å². The van der Waals surface area contributed by atoms with E-state index < -0.39 is 5.97 Å². The summed E-state index contributed by atoms with van der Waals surface area (Å²) in [5.41, 5.74) is 8.06. The van der Waals surface area contributed by atoms with Gasteiger partial charge in [0.05, 0.1) is 11.3 Å². The molecule has 1 aromatic carbocycles. The number of nitrogens with zero attached hydrogens (tertiary/aromatic N) is 1. The second kappa shape index (κ2) is 4.14. The Kier molecular flexibility index (Phi) is 2.83. The smallest absolute Gasteiger partial charge is 0.337 e. The zero-order valence-corrected chi connectivity index (χ0v) is 9.31. The first-order valence-corrected chi connectivity index (χ1v) is 5.42. The second-order valence-electron chi connectivity index (χ2n) is 4.32. The van der Waals surface area contributed by atoms with Gasteiger partial charge in [0.2, 0.25) is 0 Å². The van der Waals surface area contributed by atoms with Crippen molar-refractivity contribution in [1.29, 1.82) is 0 Å². The summed E-state index contributed by atoms with van der Waals surface area (Å²) in [6.07, 6.45) is 0.924. The van der Waals surface area contributed by atoms with Crippen LogP contribution in [0.2, 0.25) is 0 Å². The number of aryl methyl sites for hydroxylation is 1. The van der Waals surface area contributed by atoms with Gasteiger partial charge in [-0.3, -0.25) is 0 Å². The standard InChI is InChI=1S/C12H16N2O2/c1-8-2-3-10(12(15)16)11(6-8)14-5-4-9(13)7-14/h2-3,6,9H,4-5,7,13H2,1H3,(H,15,16). The largest absolute Gasteiger partial charge is 0.478 e. The third kappa shape index (κ3) is 2.02. The van der Waals surface area contributed by atoms with Crippen molar-refractivity contribution in [3.63, 3.8) is 0 Å². The van der Waals surface area contributed by atoms with Crippen LogP contribution in [-0.2, 0) is 0 Å². The van der Waals surface area contributed by atoms with Crippen molar-refractivity contribution in [2.24, 2.45) is 5.73 Å². The Morgan fingerprint density at radius 2 is 2.31 bits per heavy atom. The molecule has 3 N–H and O–H groups in total. The van der Waals surface area contributed by atoms with E-state index in [0.717, 1.165) is 30.8 Å². The van der Waals surface area contributed by atoms with Crippen LogP contribution in [0.5, 0.6) is 0 Å². The molecule has 1 aliphatic rings. The average Bonchev–Trinajstić information content (AvgIpc) is 2.64. The third-order valence-corrected chi connectivity index (χ3v) is 2.95. The fraction of sp³-hybridized carbons (Fsp3) is 0.417. The number of anilines is 1. The summed E-state index contributed by atoms with van der Waals surface area (Å²) in [6.45, 7) is 3.54. The van der Waals surface area contributed by atoms with Crippen molar-refractivity contribution >= 4 is 11.7 Å². The van der Waals surface area contributed by atoms with Crippen LogP contribution < -0.4 is 10.6 Å².